The van der Waals surface area contributed by atoms with Crippen LogP contribution in [0.4, 0.5) is 11.4 Å². The van der Waals surface area contributed by atoms with Gasteiger partial charge in [0.05, 0.1) is 11.5 Å². The van der Waals surface area contributed by atoms with Crippen molar-refractivity contribution in [2.75, 3.05) is 18.6 Å². The predicted octanol–water partition coefficient (Wildman–Crippen LogP) is 2.38. The molecular weight excluding hydrogens is 330 g/mol. The van der Waals surface area contributed by atoms with Gasteiger partial charge in [0.2, 0.25) is 0 Å². The average Bonchev–Trinajstić information content (AvgIpc) is 3.06. The van der Waals surface area contributed by atoms with Gasteiger partial charge in [-0.1, -0.05) is 0 Å². The molecule has 1 atom stereocenters. The number of nitro benzene ring substituents is 1. The third-order valence-electron chi connectivity index (χ3n) is 4.25. The van der Waals surface area contributed by atoms with E-state index < -0.39 is 0 Å². The van der Waals surface area contributed by atoms with Crippen LogP contribution in [0.1, 0.15) is 12.5 Å². The number of methoxy groups -OCH3 is 1. The van der Waals surface area contributed by atoms with Crippen molar-refractivity contribution in [1.82, 2.24) is 14.3 Å². The van der Waals surface area contributed by atoms with Gasteiger partial charge >= 0.3 is 0 Å². The summed E-state index contributed by atoms with van der Waals surface area (Å²) in [5, 5.41) is 15.3. The Kier molecular flexibility index (Phi) is 4.63. The highest BCUT2D eigenvalue weighted by Crippen LogP contribution is 2.34. The molecule has 0 radical (unpaired) electrons. The number of benzene rings is 1. The molecule has 0 spiro atoms. The molecule has 1 aromatic heterocycles. The molecule has 1 aliphatic heterocycles. The van der Waals surface area contributed by atoms with Crippen LogP contribution in [0.25, 0.3) is 0 Å². The van der Waals surface area contributed by atoms with Gasteiger partial charge < -0.3 is 14.2 Å². The lowest BCUT2D eigenvalue weighted by molar-refractivity contribution is -0.384. The van der Waals surface area contributed by atoms with Crippen molar-refractivity contribution in [3.05, 3.63) is 45.0 Å². The number of hydrogen-bond acceptors (Lipinski definition) is 6. The molecule has 128 valence electrons. The fraction of sp³-hybridized carbons (Fsp3) is 0.467. The maximum Gasteiger partial charge on any atom is 0.269 e. The van der Waals surface area contributed by atoms with E-state index in [-0.39, 0.29) is 16.7 Å². The summed E-state index contributed by atoms with van der Waals surface area (Å²) in [5.74, 6) is 0. The smallest absolute Gasteiger partial charge is 0.269 e. The molecule has 1 aromatic carbocycles. The minimum atomic E-state index is -0.360. The van der Waals surface area contributed by atoms with E-state index in [2.05, 4.69) is 16.9 Å². The van der Waals surface area contributed by atoms with Crippen molar-refractivity contribution in [1.29, 1.82) is 0 Å². The number of rotatable bonds is 6. The summed E-state index contributed by atoms with van der Waals surface area (Å²) in [5.41, 5.74) is 2.12. The molecule has 0 unspecified atom stereocenters. The largest absolute Gasteiger partial charge is 0.383 e. The van der Waals surface area contributed by atoms with E-state index in [9.17, 15) is 10.1 Å². The number of anilines is 1. The molecule has 0 saturated heterocycles. The van der Waals surface area contributed by atoms with Gasteiger partial charge in [0.1, 0.15) is 13.0 Å². The molecule has 0 N–H and O–H groups in total. The monoisotopic (exact) mass is 349 g/mol. The van der Waals surface area contributed by atoms with E-state index in [0.717, 1.165) is 17.7 Å². The van der Waals surface area contributed by atoms with Crippen molar-refractivity contribution in [2.45, 2.75) is 32.6 Å². The second kappa shape index (κ2) is 6.70. The van der Waals surface area contributed by atoms with Crippen molar-refractivity contribution < 1.29 is 9.66 Å². The second-order valence-corrected chi connectivity index (χ2v) is 6.20. The first-order valence-electron chi connectivity index (χ1n) is 7.66. The Hall–Kier alpha value is -2.26. The topological polar surface area (TPSA) is 78.4 Å². The predicted molar refractivity (Wildman–Crippen MR) is 91.7 cm³/mol. The molecule has 2 aromatic rings. The van der Waals surface area contributed by atoms with E-state index in [4.69, 9.17) is 17.0 Å². The summed E-state index contributed by atoms with van der Waals surface area (Å²) in [6, 6.07) is 5.23. The van der Waals surface area contributed by atoms with Crippen molar-refractivity contribution in [2.24, 2.45) is 0 Å². The van der Waals surface area contributed by atoms with Crippen LogP contribution in [0.2, 0.25) is 0 Å². The molecular formula is C15H19N5O3S. The lowest BCUT2D eigenvalue weighted by Gasteiger charge is -2.24. The van der Waals surface area contributed by atoms with Gasteiger partial charge in [0, 0.05) is 37.5 Å². The third kappa shape index (κ3) is 3.04. The molecule has 0 amide bonds. The van der Waals surface area contributed by atoms with Crippen molar-refractivity contribution in [3.63, 3.8) is 0 Å². The summed E-state index contributed by atoms with van der Waals surface area (Å²) in [4.78, 5) is 12.7. The Bertz CT molecular complexity index is 816. The van der Waals surface area contributed by atoms with Gasteiger partial charge in [-0.05, 0) is 37.2 Å². The quantitative estimate of drug-likeness (QED) is 0.453. The van der Waals surface area contributed by atoms with Crippen LogP contribution >= 0.6 is 12.2 Å². The van der Waals surface area contributed by atoms with Gasteiger partial charge in [0.15, 0.2) is 4.77 Å². The molecule has 1 aliphatic rings. The summed E-state index contributed by atoms with van der Waals surface area (Å²) >= 11 is 5.46. The van der Waals surface area contributed by atoms with Gasteiger partial charge in [-0.3, -0.25) is 10.1 Å². The molecule has 2 heterocycles. The lowest BCUT2D eigenvalue weighted by atomic mass is 10.1. The second-order valence-electron chi connectivity index (χ2n) is 5.83. The summed E-state index contributed by atoms with van der Waals surface area (Å²) in [6.07, 6.45) is 2.48. The van der Waals surface area contributed by atoms with Crippen LogP contribution in [0.5, 0.6) is 0 Å². The van der Waals surface area contributed by atoms with Crippen LogP contribution in [0.15, 0.2) is 24.5 Å². The Balaban J connectivity index is 1.83. The van der Waals surface area contributed by atoms with Crippen LogP contribution in [0, 0.1) is 14.9 Å². The van der Waals surface area contributed by atoms with Crippen LogP contribution in [-0.4, -0.2) is 39.0 Å². The highest BCUT2D eigenvalue weighted by Gasteiger charge is 2.28. The van der Waals surface area contributed by atoms with Gasteiger partial charge in [0.25, 0.3) is 5.69 Å². The summed E-state index contributed by atoms with van der Waals surface area (Å²) in [6.45, 7) is 3.85. The molecule has 0 bridgehead atoms. The number of fused-ring (bicyclic) bond motifs is 1. The zero-order valence-corrected chi connectivity index (χ0v) is 14.4. The van der Waals surface area contributed by atoms with E-state index in [0.29, 0.717) is 24.6 Å². The first-order valence-corrected chi connectivity index (χ1v) is 8.07. The molecule has 24 heavy (non-hydrogen) atoms. The molecule has 0 saturated carbocycles. The number of aromatic nitrogens is 3. The SMILES string of the molecule is COCCn1cnn(CN2c3ccc([N+](=O)[O-])cc3C[C@@H]2C)c1=S. The van der Waals surface area contributed by atoms with E-state index in [1.54, 1.807) is 30.3 Å². The minimum Gasteiger partial charge on any atom is -0.383 e. The average molecular weight is 349 g/mol. The molecule has 0 fully saturated rings. The zero-order chi connectivity index (χ0) is 17.3. The van der Waals surface area contributed by atoms with Crippen molar-refractivity contribution >= 4 is 23.6 Å². The fourth-order valence-electron chi connectivity index (χ4n) is 2.97. The number of nitro groups is 1. The standard InChI is InChI=1S/C15H19N5O3S/c1-11-7-12-8-13(20(21)22)3-4-14(12)18(11)10-19-15(24)17(9-16-19)5-6-23-2/h3-4,8-9,11H,5-7,10H2,1-2H3/t11-/m0/s1. The number of ether oxygens (including phenoxy) is 1. The number of nitrogens with zero attached hydrogens (tertiary/aromatic N) is 5. The Morgan fingerprint density at radius 1 is 1.50 bits per heavy atom. The number of non-ortho nitro benzene ring substituents is 1. The lowest BCUT2D eigenvalue weighted by Crippen LogP contribution is -2.32. The van der Waals surface area contributed by atoms with E-state index in [1.807, 2.05) is 10.6 Å². The Morgan fingerprint density at radius 2 is 2.29 bits per heavy atom. The van der Waals surface area contributed by atoms with Gasteiger partial charge in [-0.25, -0.2) is 4.68 Å². The van der Waals surface area contributed by atoms with Crippen LogP contribution in [-0.2, 0) is 24.4 Å². The minimum absolute atomic E-state index is 0.128. The van der Waals surface area contributed by atoms with E-state index in [1.165, 1.54) is 0 Å². The van der Waals surface area contributed by atoms with Crippen molar-refractivity contribution in [3.8, 4) is 0 Å². The first-order chi connectivity index (χ1) is 11.5. The molecule has 0 aliphatic carbocycles. The molecule has 3 rings (SSSR count). The van der Waals surface area contributed by atoms with Gasteiger partial charge in [-0.15, -0.1) is 0 Å². The maximum atomic E-state index is 10.9. The normalized spacial score (nSPS) is 16.4. The van der Waals surface area contributed by atoms with Gasteiger partial charge in [-0.2, -0.15) is 5.10 Å². The molecule has 9 heteroatoms. The highest BCUT2D eigenvalue weighted by atomic mass is 32.1. The maximum absolute atomic E-state index is 10.9. The fourth-order valence-corrected chi connectivity index (χ4v) is 3.21. The zero-order valence-electron chi connectivity index (χ0n) is 13.6. The van der Waals surface area contributed by atoms with Crippen LogP contribution < -0.4 is 4.90 Å². The highest BCUT2D eigenvalue weighted by molar-refractivity contribution is 7.71. The number of hydrogen-bond donors (Lipinski definition) is 0. The van der Waals surface area contributed by atoms with E-state index >= 15 is 0 Å². The summed E-state index contributed by atoms with van der Waals surface area (Å²) < 4.78 is 9.34. The Morgan fingerprint density at radius 3 is 3.00 bits per heavy atom. The molecule has 8 nitrogen and oxygen atoms in total. The first kappa shape index (κ1) is 16.6. The third-order valence-corrected chi connectivity index (χ3v) is 4.70. The summed E-state index contributed by atoms with van der Waals surface area (Å²) in [7, 11) is 1.65. The van der Waals surface area contributed by atoms with Crippen LogP contribution in [0.3, 0.4) is 0 Å². The Labute approximate surface area is 144 Å².